The van der Waals surface area contributed by atoms with Gasteiger partial charge in [-0.2, -0.15) is 4.98 Å². The Morgan fingerprint density at radius 3 is 2.35 bits per heavy atom. The van der Waals surface area contributed by atoms with Crippen LogP contribution in [0.1, 0.15) is 17.8 Å². The molecule has 0 radical (unpaired) electrons. The molecule has 0 bridgehead atoms. The molecule has 0 aromatic carbocycles. The van der Waals surface area contributed by atoms with E-state index in [0.29, 0.717) is 0 Å². The van der Waals surface area contributed by atoms with Gasteiger partial charge in [0.2, 0.25) is 11.1 Å². The van der Waals surface area contributed by atoms with Crippen LogP contribution in [0, 0.1) is 6.92 Å². The third-order valence-electron chi connectivity index (χ3n) is 4.41. The molecule has 0 spiro atoms. The van der Waals surface area contributed by atoms with Crippen molar-refractivity contribution >= 4 is 28.2 Å². The first kappa shape index (κ1) is 14.6. The van der Waals surface area contributed by atoms with Gasteiger partial charge in [-0.15, -0.1) is 10.2 Å². The van der Waals surface area contributed by atoms with Crippen LogP contribution in [0.4, 0.5) is 16.9 Å². The molecule has 122 valence electrons. The third-order valence-corrected chi connectivity index (χ3v) is 5.31. The standard InChI is InChI=1S/C15H21N7S/c1-12-18-19-15(23-12)22-10-8-20(9-11-22)13-4-5-16-14(17-13)21-6-2-3-7-21/h4-5H,2-3,6-11H2,1H3. The van der Waals surface area contributed by atoms with E-state index in [1.54, 1.807) is 11.3 Å². The van der Waals surface area contributed by atoms with Gasteiger partial charge in [0.1, 0.15) is 10.8 Å². The number of aromatic nitrogens is 4. The Morgan fingerprint density at radius 1 is 0.913 bits per heavy atom. The monoisotopic (exact) mass is 331 g/mol. The molecular formula is C15H21N7S. The van der Waals surface area contributed by atoms with E-state index in [1.807, 2.05) is 19.2 Å². The molecule has 2 saturated heterocycles. The molecule has 2 aliphatic heterocycles. The van der Waals surface area contributed by atoms with Crippen LogP contribution in [0.25, 0.3) is 0 Å². The number of nitrogens with zero attached hydrogens (tertiary/aromatic N) is 7. The highest BCUT2D eigenvalue weighted by Gasteiger charge is 2.22. The van der Waals surface area contributed by atoms with Crippen LogP contribution in [-0.2, 0) is 0 Å². The quantitative estimate of drug-likeness (QED) is 0.846. The minimum absolute atomic E-state index is 0.877. The highest BCUT2D eigenvalue weighted by Crippen LogP contribution is 2.23. The lowest BCUT2D eigenvalue weighted by Gasteiger charge is -2.35. The number of anilines is 3. The van der Waals surface area contributed by atoms with E-state index < -0.39 is 0 Å². The fourth-order valence-corrected chi connectivity index (χ4v) is 3.86. The van der Waals surface area contributed by atoms with Gasteiger partial charge in [0.15, 0.2) is 0 Å². The second-order valence-corrected chi connectivity index (χ2v) is 7.15. The van der Waals surface area contributed by atoms with Crippen molar-refractivity contribution < 1.29 is 0 Å². The van der Waals surface area contributed by atoms with Gasteiger partial charge in [0.25, 0.3) is 0 Å². The van der Waals surface area contributed by atoms with Gasteiger partial charge in [-0.05, 0) is 25.8 Å². The minimum atomic E-state index is 0.877. The summed E-state index contributed by atoms with van der Waals surface area (Å²) in [6.07, 6.45) is 4.37. The zero-order valence-electron chi connectivity index (χ0n) is 13.4. The van der Waals surface area contributed by atoms with E-state index in [4.69, 9.17) is 4.98 Å². The fourth-order valence-electron chi connectivity index (χ4n) is 3.13. The van der Waals surface area contributed by atoms with Crippen molar-refractivity contribution in [3.63, 3.8) is 0 Å². The molecule has 0 saturated carbocycles. The topological polar surface area (TPSA) is 61.3 Å². The van der Waals surface area contributed by atoms with Crippen molar-refractivity contribution in [3.8, 4) is 0 Å². The Kier molecular flexibility index (Phi) is 3.99. The predicted octanol–water partition coefficient (Wildman–Crippen LogP) is 1.56. The molecular weight excluding hydrogens is 310 g/mol. The molecule has 2 aromatic heterocycles. The van der Waals surface area contributed by atoms with E-state index in [0.717, 1.165) is 61.2 Å². The second-order valence-electron chi connectivity index (χ2n) is 5.99. The summed E-state index contributed by atoms with van der Waals surface area (Å²) in [4.78, 5) is 16.1. The van der Waals surface area contributed by atoms with Crippen LogP contribution in [-0.4, -0.2) is 59.4 Å². The summed E-state index contributed by atoms with van der Waals surface area (Å²) in [6.45, 7) is 7.97. The second kappa shape index (κ2) is 6.27. The summed E-state index contributed by atoms with van der Waals surface area (Å²) in [5.74, 6) is 1.91. The van der Waals surface area contributed by atoms with Gasteiger partial charge in [0.05, 0.1) is 0 Å². The fraction of sp³-hybridized carbons (Fsp3) is 0.600. The van der Waals surface area contributed by atoms with Crippen molar-refractivity contribution in [2.45, 2.75) is 19.8 Å². The molecule has 0 unspecified atom stereocenters. The molecule has 2 aromatic rings. The van der Waals surface area contributed by atoms with Gasteiger partial charge in [0, 0.05) is 45.5 Å². The molecule has 7 nitrogen and oxygen atoms in total. The van der Waals surface area contributed by atoms with E-state index in [1.165, 1.54) is 12.8 Å². The summed E-state index contributed by atoms with van der Waals surface area (Å²) in [5.41, 5.74) is 0. The predicted molar refractivity (Wildman–Crippen MR) is 92.6 cm³/mol. The maximum Gasteiger partial charge on any atom is 0.227 e. The van der Waals surface area contributed by atoms with Crippen LogP contribution in [0.5, 0.6) is 0 Å². The van der Waals surface area contributed by atoms with Crippen LogP contribution in [0.3, 0.4) is 0 Å². The molecule has 0 amide bonds. The summed E-state index contributed by atoms with van der Waals surface area (Å²) in [7, 11) is 0. The maximum absolute atomic E-state index is 4.78. The Morgan fingerprint density at radius 2 is 1.65 bits per heavy atom. The Bertz CT molecular complexity index is 659. The molecule has 4 rings (SSSR count). The lowest BCUT2D eigenvalue weighted by Crippen LogP contribution is -2.47. The van der Waals surface area contributed by atoms with Gasteiger partial charge in [-0.3, -0.25) is 0 Å². The smallest absolute Gasteiger partial charge is 0.227 e. The van der Waals surface area contributed by atoms with Gasteiger partial charge >= 0.3 is 0 Å². The molecule has 2 fully saturated rings. The molecule has 23 heavy (non-hydrogen) atoms. The average Bonchev–Trinajstić information content (AvgIpc) is 3.27. The lowest BCUT2D eigenvalue weighted by atomic mass is 10.3. The number of piperazine rings is 1. The minimum Gasteiger partial charge on any atom is -0.353 e. The first-order chi connectivity index (χ1) is 11.3. The van der Waals surface area contributed by atoms with Gasteiger partial charge in [-0.25, -0.2) is 4.98 Å². The number of hydrogen-bond acceptors (Lipinski definition) is 8. The Labute approximate surface area is 140 Å². The Balaban J connectivity index is 1.43. The van der Waals surface area contributed by atoms with Crippen LogP contribution in [0.2, 0.25) is 0 Å². The van der Waals surface area contributed by atoms with Crippen molar-refractivity contribution in [3.05, 3.63) is 17.3 Å². The third kappa shape index (κ3) is 3.08. The highest BCUT2D eigenvalue weighted by molar-refractivity contribution is 7.15. The zero-order chi connectivity index (χ0) is 15.6. The number of rotatable bonds is 3. The molecule has 2 aliphatic rings. The Hall–Kier alpha value is -1.96. The van der Waals surface area contributed by atoms with Crippen LogP contribution < -0.4 is 14.7 Å². The zero-order valence-corrected chi connectivity index (χ0v) is 14.2. The largest absolute Gasteiger partial charge is 0.353 e. The first-order valence-electron chi connectivity index (χ1n) is 8.17. The van der Waals surface area contributed by atoms with E-state index in [-0.39, 0.29) is 0 Å². The summed E-state index contributed by atoms with van der Waals surface area (Å²) in [6, 6.07) is 2.02. The molecule has 0 N–H and O–H groups in total. The molecule has 0 atom stereocenters. The summed E-state index contributed by atoms with van der Waals surface area (Å²) in [5, 5.41) is 10.4. The first-order valence-corrected chi connectivity index (χ1v) is 8.99. The van der Waals surface area contributed by atoms with E-state index in [2.05, 4.69) is 29.9 Å². The maximum atomic E-state index is 4.78. The number of hydrogen-bond donors (Lipinski definition) is 0. The van der Waals surface area contributed by atoms with E-state index in [9.17, 15) is 0 Å². The normalized spacial score (nSPS) is 18.7. The van der Waals surface area contributed by atoms with Gasteiger partial charge < -0.3 is 14.7 Å². The summed E-state index contributed by atoms with van der Waals surface area (Å²) < 4.78 is 0. The van der Waals surface area contributed by atoms with E-state index >= 15 is 0 Å². The van der Waals surface area contributed by atoms with Crippen LogP contribution >= 0.6 is 11.3 Å². The van der Waals surface area contributed by atoms with Crippen molar-refractivity contribution in [2.24, 2.45) is 0 Å². The molecule has 4 heterocycles. The lowest BCUT2D eigenvalue weighted by molar-refractivity contribution is 0.642. The highest BCUT2D eigenvalue weighted by atomic mass is 32.1. The van der Waals surface area contributed by atoms with Crippen molar-refractivity contribution in [1.29, 1.82) is 0 Å². The average molecular weight is 331 g/mol. The van der Waals surface area contributed by atoms with Crippen molar-refractivity contribution in [2.75, 3.05) is 54.0 Å². The number of aryl methyl sites for hydroxylation is 1. The molecule has 8 heteroatoms. The SMILES string of the molecule is Cc1nnc(N2CCN(c3ccnc(N4CCCC4)n3)CC2)s1. The van der Waals surface area contributed by atoms with Gasteiger partial charge in [-0.1, -0.05) is 11.3 Å². The van der Waals surface area contributed by atoms with Crippen LogP contribution in [0.15, 0.2) is 12.3 Å². The molecule has 0 aliphatic carbocycles. The van der Waals surface area contributed by atoms with Crippen molar-refractivity contribution in [1.82, 2.24) is 20.2 Å². The summed E-state index contributed by atoms with van der Waals surface area (Å²) >= 11 is 1.66.